The molecule has 1 N–H and O–H groups in total. The number of carbonyl (C=O) groups is 1. The Kier molecular flexibility index (Phi) is 8.76. The molecule has 3 aromatic rings. The summed E-state index contributed by atoms with van der Waals surface area (Å²) in [5.41, 5.74) is 0. The Bertz CT molecular complexity index is 1160. The van der Waals surface area contributed by atoms with E-state index in [1.165, 1.54) is 9.79 Å². The average Bonchev–Trinajstić information content (AvgIpc) is 2.83. The van der Waals surface area contributed by atoms with Crippen LogP contribution >= 0.6 is 0 Å². The predicted molar refractivity (Wildman–Crippen MR) is 128 cm³/mol. The first-order valence-corrected chi connectivity index (χ1v) is 13.2. The zero-order valence-corrected chi connectivity index (χ0v) is 20.2. The molecule has 0 bridgehead atoms. The molecule has 0 heterocycles. The van der Waals surface area contributed by atoms with Gasteiger partial charge in [0.25, 0.3) is 0 Å². The summed E-state index contributed by atoms with van der Waals surface area (Å²) in [6.07, 6.45) is -2.72. The first-order valence-electron chi connectivity index (χ1n) is 10.5. The van der Waals surface area contributed by atoms with Gasteiger partial charge in [0.1, 0.15) is 12.7 Å². The smallest absolute Gasteiger partial charge is 0.448 e. The molecule has 1 unspecified atom stereocenters. The second kappa shape index (κ2) is 11.6. The van der Waals surface area contributed by atoms with Crippen LogP contribution in [0.4, 0.5) is 8.78 Å². The van der Waals surface area contributed by atoms with Crippen LogP contribution in [-0.2, 0) is 30.5 Å². The van der Waals surface area contributed by atoms with Gasteiger partial charge in [-0.25, -0.2) is 0 Å². The fourth-order valence-corrected chi connectivity index (χ4v) is 5.52. The van der Waals surface area contributed by atoms with E-state index < -0.39 is 27.4 Å². The van der Waals surface area contributed by atoms with Crippen molar-refractivity contribution in [2.45, 2.75) is 38.9 Å². The van der Waals surface area contributed by atoms with Crippen molar-refractivity contribution in [2.24, 2.45) is 0 Å². The summed E-state index contributed by atoms with van der Waals surface area (Å²) in [6.45, 7) is 2.90. The fraction of sp³-hybridized carbons (Fsp3) is 0.200. The van der Waals surface area contributed by atoms with Gasteiger partial charge in [0, 0.05) is 6.42 Å². The molecule has 0 aromatic heterocycles. The van der Waals surface area contributed by atoms with E-state index in [-0.39, 0.29) is 30.3 Å². The van der Waals surface area contributed by atoms with Crippen molar-refractivity contribution >= 4 is 27.0 Å². The van der Waals surface area contributed by atoms with Gasteiger partial charge in [0.15, 0.2) is 14.7 Å². The third kappa shape index (κ3) is 6.97. The molecule has 0 aliphatic rings. The lowest BCUT2D eigenvalue weighted by molar-refractivity contribution is -0.157. The highest BCUT2D eigenvalue weighted by Crippen LogP contribution is 2.32. The van der Waals surface area contributed by atoms with Gasteiger partial charge in [-0.1, -0.05) is 36.4 Å². The first-order chi connectivity index (χ1) is 16.6. The van der Waals surface area contributed by atoms with E-state index in [1.54, 1.807) is 0 Å². The van der Waals surface area contributed by atoms with Crippen LogP contribution in [0.15, 0.2) is 99.6 Å². The van der Waals surface area contributed by atoms with Gasteiger partial charge in [-0.3, -0.25) is 9.35 Å². The zero-order valence-electron chi connectivity index (χ0n) is 18.5. The minimum Gasteiger partial charge on any atom is -0.494 e. The summed E-state index contributed by atoms with van der Waals surface area (Å²) in [5.74, 6) is -0.512. The van der Waals surface area contributed by atoms with Crippen molar-refractivity contribution < 1.29 is 36.0 Å². The lowest BCUT2D eigenvalue weighted by atomic mass is 10.3. The highest BCUT2D eigenvalue weighted by molar-refractivity contribution is 7.97. The maximum atomic E-state index is 13.4. The van der Waals surface area contributed by atoms with E-state index in [0.717, 1.165) is 4.90 Å². The molecule has 0 spiro atoms. The van der Waals surface area contributed by atoms with Crippen LogP contribution in [0.2, 0.25) is 0 Å². The Balaban J connectivity index is 1.55. The van der Waals surface area contributed by atoms with Crippen LogP contribution in [-0.4, -0.2) is 36.9 Å². The summed E-state index contributed by atoms with van der Waals surface area (Å²) in [5, 5.41) is -4.70. The number of esters is 1. The molecule has 0 saturated carbocycles. The molecule has 35 heavy (non-hydrogen) atoms. The first kappa shape index (κ1) is 26.5. The van der Waals surface area contributed by atoms with Crippen molar-refractivity contribution in [3.63, 3.8) is 0 Å². The number of hydrogen-bond donors (Lipinski definition) is 1. The second-order valence-electron chi connectivity index (χ2n) is 7.37. The van der Waals surface area contributed by atoms with Crippen molar-refractivity contribution in [1.29, 1.82) is 0 Å². The van der Waals surface area contributed by atoms with Crippen LogP contribution < -0.4 is 4.74 Å². The van der Waals surface area contributed by atoms with E-state index in [1.807, 2.05) is 60.7 Å². The highest BCUT2D eigenvalue weighted by Gasteiger charge is 2.56. The van der Waals surface area contributed by atoms with Crippen molar-refractivity contribution in [2.75, 3.05) is 6.61 Å². The van der Waals surface area contributed by atoms with E-state index in [9.17, 15) is 22.0 Å². The van der Waals surface area contributed by atoms with E-state index in [4.69, 9.17) is 9.29 Å². The van der Waals surface area contributed by atoms with Gasteiger partial charge in [-0.2, -0.15) is 17.2 Å². The Labute approximate surface area is 206 Å². The van der Waals surface area contributed by atoms with Crippen LogP contribution in [0.25, 0.3) is 0 Å². The molecule has 0 amide bonds. The van der Waals surface area contributed by atoms with Crippen LogP contribution in [0.5, 0.6) is 5.75 Å². The number of alkyl halides is 2. The third-order valence-electron chi connectivity index (χ3n) is 4.80. The summed E-state index contributed by atoms with van der Waals surface area (Å²) < 4.78 is 66.6. The van der Waals surface area contributed by atoms with Gasteiger partial charge in [0.2, 0.25) is 0 Å². The molecule has 0 saturated heterocycles. The van der Waals surface area contributed by atoms with Gasteiger partial charge < -0.3 is 9.47 Å². The molecule has 0 fully saturated rings. The molecule has 0 aliphatic carbocycles. The summed E-state index contributed by atoms with van der Waals surface area (Å²) in [6, 6.07) is 27.9. The number of carbonyl (C=O) groups excluding carboxylic acids is 1. The minimum absolute atomic E-state index is 0.105. The lowest BCUT2D eigenvalue weighted by Crippen LogP contribution is -2.42. The predicted octanol–water partition coefficient (Wildman–Crippen LogP) is 5.17. The second-order valence-corrected chi connectivity index (χ2v) is 10.9. The Morgan fingerprint density at radius 2 is 1.40 bits per heavy atom. The monoisotopic (exact) mass is 522 g/mol. The number of rotatable bonds is 11. The summed E-state index contributed by atoms with van der Waals surface area (Å²) >= 11 is 0. The van der Waals surface area contributed by atoms with E-state index >= 15 is 0 Å². The largest absolute Gasteiger partial charge is 0.494 e. The van der Waals surface area contributed by atoms with Crippen LogP contribution in [0.3, 0.4) is 0 Å². The van der Waals surface area contributed by atoms with Gasteiger partial charge in [-0.05, 0) is 55.0 Å². The molecule has 1 atom stereocenters. The normalized spacial score (nSPS) is 12.8. The molecule has 3 rings (SSSR count). The Morgan fingerprint density at radius 3 is 1.89 bits per heavy atom. The molecular weight excluding hydrogens is 498 g/mol. The SMILES string of the molecule is [CH2+]C(OC(=O)CCCOc1ccc([S+](c2ccccc2)c2ccccc2)cc1)C(F)(F)S(=O)(=O)O. The third-order valence-corrected chi connectivity index (χ3v) is 7.99. The molecule has 0 aliphatic heterocycles. The summed E-state index contributed by atoms with van der Waals surface area (Å²) in [7, 11) is -6.05. The van der Waals surface area contributed by atoms with Crippen LogP contribution in [0, 0.1) is 6.92 Å². The quantitative estimate of drug-likeness (QED) is 0.123. The molecule has 6 nitrogen and oxygen atoms in total. The number of benzene rings is 3. The highest BCUT2D eigenvalue weighted by atomic mass is 32.2. The topological polar surface area (TPSA) is 89.9 Å². The van der Waals surface area contributed by atoms with Crippen LogP contribution in [0.1, 0.15) is 12.8 Å². The molecule has 0 radical (unpaired) electrons. The number of halogens is 2. The molecule has 10 heteroatoms. The maximum absolute atomic E-state index is 13.4. The molecule has 3 aromatic carbocycles. The Morgan fingerprint density at radius 1 is 0.914 bits per heavy atom. The van der Waals surface area contributed by atoms with E-state index in [2.05, 4.69) is 35.9 Å². The standard InChI is InChI=1S/C25H23F2O6S2/c1-19(25(26,27)35(29,30)31)33-24(28)13-8-18-32-20-14-16-23(17-15-20)34(21-9-4-2-5-10-21)22-11-6-3-7-12-22/h2-7,9-12,14-17,19H,1,8,13,18H2/q+1/p+1. The summed E-state index contributed by atoms with van der Waals surface area (Å²) in [4.78, 5) is 15.1. The Hall–Kier alpha value is -3.08. The van der Waals surface area contributed by atoms with Crippen molar-refractivity contribution in [1.82, 2.24) is 0 Å². The van der Waals surface area contributed by atoms with Gasteiger partial charge in [0.05, 0.1) is 17.5 Å². The average molecular weight is 523 g/mol. The van der Waals surface area contributed by atoms with Gasteiger partial charge >= 0.3 is 27.4 Å². The fourth-order valence-electron chi connectivity index (χ4n) is 3.05. The number of hydrogen-bond acceptors (Lipinski definition) is 5. The zero-order chi connectivity index (χ0) is 25.5. The molecule has 184 valence electrons. The minimum atomic E-state index is -5.75. The number of ether oxygens (including phenoxy) is 2. The van der Waals surface area contributed by atoms with Crippen molar-refractivity contribution in [3.05, 3.63) is 91.9 Å². The van der Waals surface area contributed by atoms with Gasteiger partial charge in [-0.15, -0.1) is 0 Å². The molecular formula is C25H24F2O6S2+2. The lowest BCUT2D eigenvalue weighted by Gasteiger charge is -2.15. The maximum Gasteiger partial charge on any atom is 0.448 e. The van der Waals surface area contributed by atoms with E-state index in [0.29, 0.717) is 5.75 Å². The van der Waals surface area contributed by atoms with Crippen molar-refractivity contribution in [3.8, 4) is 5.75 Å².